The number of carbonyl (C=O) groups excluding carboxylic acids is 1. The summed E-state index contributed by atoms with van der Waals surface area (Å²) < 4.78 is 10.2. The van der Waals surface area contributed by atoms with Crippen molar-refractivity contribution in [3.05, 3.63) is 29.2 Å². The summed E-state index contributed by atoms with van der Waals surface area (Å²) in [7, 11) is 0. The summed E-state index contributed by atoms with van der Waals surface area (Å²) in [5.74, 6) is -0.0754. The molecule has 0 radical (unpaired) electrons. The highest BCUT2D eigenvalue weighted by atomic mass is 32.1. The van der Waals surface area contributed by atoms with Gasteiger partial charge in [0.15, 0.2) is 5.76 Å². The maximum absolute atomic E-state index is 11.7. The number of ether oxygens (including phenoxy) is 1. The number of carbonyl (C=O) groups is 1. The van der Waals surface area contributed by atoms with Crippen LogP contribution in [0.25, 0.3) is 0 Å². The third-order valence-electron chi connectivity index (χ3n) is 2.10. The van der Waals surface area contributed by atoms with Gasteiger partial charge in [0, 0.05) is 13.0 Å². The minimum Gasteiger partial charge on any atom is -0.459 e. The van der Waals surface area contributed by atoms with E-state index in [-0.39, 0.29) is 11.7 Å². The first-order valence-corrected chi connectivity index (χ1v) is 6.36. The lowest BCUT2D eigenvalue weighted by molar-refractivity contribution is 0.0996. The molecule has 0 saturated heterocycles. The Labute approximate surface area is 108 Å². The lowest BCUT2D eigenvalue weighted by Crippen LogP contribution is -2.10. The van der Waals surface area contributed by atoms with Crippen molar-refractivity contribution in [3.8, 4) is 0 Å². The van der Waals surface area contributed by atoms with Gasteiger partial charge < -0.3 is 9.15 Å². The molecule has 2 rings (SSSR count). The van der Waals surface area contributed by atoms with Crippen molar-refractivity contribution in [2.45, 2.75) is 13.3 Å². The van der Waals surface area contributed by atoms with E-state index >= 15 is 0 Å². The Hall–Kier alpha value is -1.73. The molecule has 0 fully saturated rings. The lowest BCUT2D eigenvalue weighted by Gasteiger charge is -1.96. The molecule has 7 heteroatoms. The maximum atomic E-state index is 11.7. The fourth-order valence-corrected chi connectivity index (χ4v) is 1.99. The van der Waals surface area contributed by atoms with Gasteiger partial charge in [-0.05, 0) is 19.1 Å². The molecule has 1 N–H and O–H groups in total. The molecule has 0 saturated carbocycles. The summed E-state index contributed by atoms with van der Waals surface area (Å²) in [6, 6.07) is 3.24. The summed E-state index contributed by atoms with van der Waals surface area (Å²) in [6.45, 7) is 3.23. The van der Waals surface area contributed by atoms with Crippen molar-refractivity contribution >= 4 is 22.4 Å². The summed E-state index contributed by atoms with van der Waals surface area (Å²) in [6.07, 6.45) is 2.14. The standard InChI is InChI=1S/C11H13N3O3S/c1-2-16-7-5-9-13-14-11(18-9)12-10(15)8-4-3-6-17-8/h3-4,6H,2,5,7H2,1H3,(H,12,14,15). The van der Waals surface area contributed by atoms with Crippen molar-refractivity contribution in [2.24, 2.45) is 0 Å². The molecule has 0 aliphatic carbocycles. The van der Waals surface area contributed by atoms with Crippen LogP contribution >= 0.6 is 11.3 Å². The van der Waals surface area contributed by atoms with Crippen LogP contribution < -0.4 is 5.32 Å². The van der Waals surface area contributed by atoms with Gasteiger partial charge in [0.05, 0.1) is 12.9 Å². The molecule has 0 spiro atoms. The molecule has 0 aliphatic heterocycles. The number of nitrogens with one attached hydrogen (secondary N) is 1. The summed E-state index contributed by atoms with van der Waals surface area (Å²) in [4.78, 5) is 11.7. The van der Waals surface area contributed by atoms with Crippen LogP contribution in [0.3, 0.4) is 0 Å². The lowest BCUT2D eigenvalue weighted by atomic mass is 10.4. The molecule has 1 amide bonds. The Balaban J connectivity index is 1.88. The normalized spacial score (nSPS) is 10.5. The Morgan fingerprint density at radius 2 is 2.44 bits per heavy atom. The smallest absolute Gasteiger partial charge is 0.293 e. The fraction of sp³-hybridized carbons (Fsp3) is 0.364. The van der Waals surface area contributed by atoms with Gasteiger partial charge in [-0.1, -0.05) is 11.3 Å². The largest absolute Gasteiger partial charge is 0.459 e. The van der Waals surface area contributed by atoms with Crippen molar-refractivity contribution in [1.29, 1.82) is 0 Å². The van der Waals surface area contributed by atoms with E-state index in [1.165, 1.54) is 17.6 Å². The number of anilines is 1. The van der Waals surface area contributed by atoms with E-state index in [9.17, 15) is 4.79 Å². The van der Waals surface area contributed by atoms with E-state index in [1.807, 2.05) is 6.92 Å². The number of furan rings is 1. The van der Waals surface area contributed by atoms with E-state index in [2.05, 4.69) is 15.5 Å². The van der Waals surface area contributed by atoms with Gasteiger partial charge in [0.25, 0.3) is 5.91 Å². The molecular formula is C11H13N3O3S. The number of aromatic nitrogens is 2. The van der Waals surface area contributed by atoms with Crippen LogP contribution in [0.1, 0.15) is 22.5 Å². The van der Waals surface area contributed by atoms with E-state index in [4.69, 9.17) is 9.15 Å². The predicted octanol–water partition coefficient (Wildman–Crippen LogP) is 1.96. The van der Waals surface area contributed by atoms with Gasteiger partial charge in [0.1, 0.15) is 5.01 Å². The predicted molar refractivity (Wildman–Crippen MR) is 66.8 cm³/mol. The molecule has 6 nitrogen and oxygen atoms in total. The molecule has 0 aromatic carbocycles. The molecule has 96 valence electrons. The van der Waals surface area contributed by atoms with Gasteiger partial charge in [-0.25, -0.2) is 0 Å². The fourth-order valence-electron chi connectivity index (χ4n) is 1.28. The maximum Gasteiger partial charge on any atom is 0.293 e. The Morgan fingerprint density at radius 3 is 3.17 bits per heavy atom. The zero-order valence-electron chi connectivity index (χ0n) is 9.88. The third kappa shape index (κ3) is 3.38. The molecule has 18 heavy (non-hydrogen) atoms. The van der Waals surface area contributed by atoms with Crippen molar-refractivity contribution in [3.63, 3.8) is 0 Å². The van der Waals surface area contributed by atoms with Crippen molar-refractivity contribution < 1.29 is 13.9 Å². The van der Waals surface area contributed by atoms with Gasteiger partial charge in [-0.3, -0.25) is 10.1 Å². The molecule has 2 heterocycles. The summed E-state index contributed by atoms with van der Waals surface area (Å²) in [5, 5.41) is 11.8. The second-order valence-electron chi connectivity index (χ2n) is 3.38. The quantitative estimate of drug-likeness (QED) is 0.809. The molecule has 0 atom stereocenters. The topological polar surface area (TPSA) is 77.3 Å². The molecular weight excluding hydrogens is 254 g/mol. The highest BCUT2D eigenvalue weighted by Crippen LogP contribution is 2.16. The van der Waals surface area contributed by atoms with Gasteiger partial charge >= 0.3 is 0 Å². The second-order valence-corrected chi connectivity index (χ2v) is 4.44. The van der Waals surface area contributed by atoms with Crippen LogP contribution in [0.5, 0.6) is 0 Å². The first-order chi connectivity index (χ1) is 8.79. The van der Waals surface area contributed by atoms with E-state index < -0.39 is 0 Å². The number of hydrogen-bond donors (Lipinski definition) is 1. The Morgan fingerprint density at radius 1 is 1.56 bits per heavy atom. The van der Waals surface area contributed by atoms with Crippen LogP contribution in [0.15, 0.2) is 22.8 Å². The molecule has 0 aliphatic rings. The van der Waals surface area contributed by atoms with Gasteiger partial charge in [-0.15, -0.1) is 10.2 Å². The van der Waals surface area contributed by atoms with Gasteiger partial charge in [0.2, 0.25) is 5.13 Å². The first-order valence-electron chi connectivity index (χ1n) is 5.54. The highest BCUT2D eigenvalue weighted by Gasteiger charge is 2.11. The number of amides is 1. The molecule has 2 aromatic heterocycles. The average Bonchev–Trinajstić information content (AvgIpc) is 3.00. The average molecular weight is 267 g/mol. The van der Waals surface area contributed by atoms with E-state index in [1.54, 1.807) is 12.1 Å². The van der Waals surface area contributed by atoms with E-state index in [0.29, 0.717) is 24.8 Å². The monoisotopic (exact) mass is 267 g/mol. The number of rotatable bonds is 6. The Bertz CT molecular complexity index is 495. The minimum atomic E-state index is -0.326. The molecule has 2 aromatic rings. The Kier molecular flexibility index (Phi) is 4.43. The summed E-state index contributed by atoms with van der Waals surface area (Å²) in [5.41, 5.74) is 0. The molecule has 0 bridgehead atoms. The van der Waals surface area contributed by atoms with Crippen LogP contribution in [-0.2, 0) is 11.2 Å². The number of nitrogens with zero attached hydrogens (tertiary/aromatic N) is 2. The zero-order chi connectivity index (χ0) is 12.8. The van der Waals surface area contributed by atoms with Crippen molar-refractivity contribution in [2.75, 3.05) is 18.5 Å². The van der Waals surface area contributed by atoms with Crippen LogP contribution in [-0.4, -0.2) is 29.3 Å². The zero-order valence-corrected chi connectivity index (χ0v) is 10.7. The van der Waals surface area contributed by atoms with Crippen LogP contribution in [0.2, 0.25) is 0 Å². The van der Waals surface area contributed by atoms with Gasteiger partial charge in [-0.2, -0.15) is 0 Å². The van der Waals surface area contributed by atoms with Crippen LogP contribution in [0.4, 0.5) is 5.13 Å². The van der Waals surface area contributed by atoms with E-state index in [0.717, 1.165) is 5.01 Å². The molecule has 0 unspecified atom stereocenters. The van der Waals surface area contributed by atoms with Crippen molar-refractivity contribution in [1.82, 2.24) is 10.2 Å². The SMILES string of the molecule is CCOCCc1nnc(NC(=O)c2ccco2)s1. The highest BCUT2D eigenvalue weighted by molar-refractivity contribution is 7.15. The number of hydrogen-bond acceptors (Lipinski definition) is 6. The van der Waals surface area contributed by atoms with Crippen LogP contribution in [0, 0.1) is 0 Å². The second kappa shape index (κ2) is 6.27. The summed E-state index contributed by atoms with van der Waals surface area (Å²) >= 11 is 1.33. The first kappa shape index (κ1) is 12.7. The third-order valence-corrected chi connectivity index (χ3v) is 3.00. The minimum absolute atomic E-state index is 0.251.